The van der Waals surface area contributed by atoms with Crippen LogP contribution in [0.15, 0.2) is 48.5 Å². The van der Waals surface area contributed by atoms with Crippen LogP contribution in [0.1, 0.15) is 30.4 Å². The van der Waals surface area contributed by atoms with E-state index in [-0.39, 0.29) is 18.9 Å². The van der Waals surface area contributed by atoms with Crippen LogP contribution in [0.3, 0.4) is 0 Å². The van der Waals surface area contributed by atoms with Gasteiger partial charge < -0.3 is 10.1 Å². The fourth-order valence-electron chi connectivity index (χ4n) is 4.05. The maximum atomic E-state index is 12.3. The molecule has 0 radical (unpaired) electrons. The van der Waals surface area contributed by atoms with Crippen LogP contribution in [0, 0.1) is 0 Å². The van der Waals surface area contributed by atoms with Crippen molar-refractivity contribution in [1.29, 1.82) is 0 Å². The number of nitrogens with one attached hydrogen (secondary N) is 1. The summed E-state index contributed by atoms with van der Waals surface area (Å²) in [6.45, 7) is 3.81. The molecule has 0 aliphatic carbocycles. The number of anilines is 1. The summed E-state index contributed by atoms with van der Waals surface area (Å²) in [6, 6.07) is 15.6. The van der Waals surface area contributed by atoms with Crippen molar-refractivity contribution in [2.45, 2.75) is 32.2 Å². The van der Waals surface area contributed by atoms with E-state index >= 15 is 0 Å². The van der Waals surface area contributed by atoms with Gasteiger partial charge in [0.25, 0.3) is 0 Å². The van der Waals surface area contributed by atoms with Crippen molar-refractivity contribution in [2.24, 2.45) is 0 Å². The Morgan fingerprint density at radius 2 is 1.81 bits per heavy atom. The number of benzene rings is 2. The summed E-state index contributed by atoms with van der Waals surface area (Å²) < 4.78 is 31.2. The number of carbonyl (C=O) groups is 1. The third kappa shape index (κ3) is 6.71. The molecule has 32 heavy (non-hydrogen) atoms. The van der Waals surface area contributed by atoms with E-state index in [0.717, 1.165) is 32.5 Å². The van der Waals surface area contributed by atoms with E-state index in [1.807, 2.05) is 0 Å². The molecule has 7 nitrogen and oxygen atoms in total. The number of methoxy groups -OCH3 is 1. The number of nitrogens with zero attached hydrogens (tertiary/aromatic N) is 2. The highest BCUT2D eigenvalue weighted by molar-refractivity contribution is 7.92. The quantitative estimate of drug-likeness (QED) is 0.523. The molecule has 0 aromatic heterocycles. The Kier molecular flexibility index (Phi) is 8.53. The van der Waals surface area contributed by atoms with Crippen molar-refractivity contribution in [2.75, 3.05) is 43.8 Å². The van der Waals surface area contributed by atoms with Crippen LogP contribution in [0.25, 0.3) is 0 Å². The maximum Gasteiger partial charge on any atom is 0.232 e. The predicted molar refractivity (Wildman–Crippen MR) is 127 cm³/mol. The Balaban J connectivity index is 1.39. The van der Waals surface area contributed by atoms with Gasteiger partial charge in [0.15, 0.2) is 0 Å². The molecule has 2 aromatic carbocycles. The van der Waals surface area contributed by atoms with E-state index < -0.39 is 10.0 Å². The van der Waals surface area contributed by atoms with Gasteiger partial charge in [-0.2, -0.15) is 0 Å². The lowest BCUT2D eigenvalue weighted by Gasteiger charge is -2.28. The van der Waals surface area contributed by atoms with Gasteiger partial charge in [0, 0.05) is 39.1 Å². The van der Waals surface area contributed by atoms with E-state index in [1.54, 1.807) is 24.3 Å². The summed E-state index contributed by atoms with van der Waals surface area (Å²) >= 11 is 0. The molecular formula is C24H33N3O4S. The monoisotopic (exact) mass is 459 g/mol. The van der Waals surface area contributed by atoms with E-state index in [1.165, 1.54) is 28.8 Å². The van der Waals surface area contributed by atoms with Crippen LogP contribution in [-0.4, -0.2) is 58.8 Å². The van der Waals surface area contributed by atoms with Gasteiger partial charge in [0.2, 0.25) is 15.9 Å². The van der Waals surface area contributed by atoms with Gasteiger partial charge in [-0.15, -0.1) is 0 Å². The lowest BCUT2D eigenvalue weighted by atomic mass is 10.00. The number of hydrogen-bond donors (Lipinski definition) is 1. The van der Waals surface area contributed by atoms with Crippen LogP contribution >= 0.6 is 0 Å². The van der Waals surface area contributed by atoms with Gasteiger partial charge in [-0.1, -0.05) is 36.4 Å². The smallest absolute Gasteiger partial charge is 0.232 e. The van der Waals surface area contributed by atoms with Gasteiger partial charge >= 0.3 is 0 Å². The molecule has 0 atom stereocenters. The molecule has 0 fully saturated rings. The first-order valence-corrected chi connectivity index (χ1v) is 12.9. The van der Waals surface area contributed by atoms with Crippen molar-refractivity contribution in [1.82, 2.24) is 10.2 Å². The Labute approximate surface area is 191 Å². The number of fused-ring (bicyclic) bond motifs is 1. The Hall–Kier alpha value is -2.58. The molecule has 1 amide bonds. The number of rotatable bonds is 11. The van der Waals surface area contributed by atoms with Crippen LogP contribution in [-0.2, 0) is 27.8 Å². The van der Waals surface area contributed by atoms with Gasteiger partial charge in [-0.05, 0) is 42.5 Å². The highest BCUT2D eigenvalue weighted by Crippen LogP contribution is 2.29. The second kappa shape index (κ2) is 11.3. The van der Waals surface area contributed by atoms with E-state index in [4.69, 9.17) is 4.74 Å². The average Bonchev–Trinajstić information content (AvgIpc) is 2.78. The fourth-order valence-corrected chi connectivity index (χ4v) is 5.02. The molecule has 3 rings (SSSR count). The van der Waals surface area contributed by atoms with Crippen LogP contribution < -0.4 is 14.4 Å². The number of amides is 1. The highest BCUT2D eigenvalue weighted by atomic mass is 32.2. The zero-order valence-corrected chi connectivity index (χ0v) is 19.7. The molecule has 1 N–H and O–H groups in total. The first-order chi connectivity index (χ1) is 15.4. The Morgan fingerprint density at radius 3 is 2.56 bits per heavy atom. The number of hydrogen-bond acceptors (Lipinski definition) is 5. The van der Waals surface area contributed by atoms with Gasteiger partial charge in [0.1, 0.15) is 5.75 Å². The number of carbonyl (C=O) groups excluding carboxylic acids is 1. The molecule has 174 valence electrons. The molecule has 1 aliphatic rings. The van der Waals surface area contributed by atoms with Crippen molar-refractivity contribution < 1.29 is 17.9 Å². The lowest BCUT2D eigenvalue weighted by Crippen LogP contribution is -2.34. The van der Waals surface area contributed by atoms with Crippen LogP contribution in [0.5, 0.6) is 5.75 Å². The second-order valence-electron chi connectivity index (χ2n) is 8.11. The summed E-state index contributed by atoms with van der Waals surface area (Å²) in [6.07, 6.45) is 3.84. The molecule has 2 aromatic rings. The Bertz CT molecular complexity index is 1010. The summed E-state index contributed by atoms with van der Waals surface area (Å²) in [5.74, 6) is 0.435. The third-order valence-corrected chi connectivity index (χ3v) is 6.88. The third-order valence-electron chi connectivity index (χ3n) is 5.70. The molecule has 0 bridgehead atoms. The topological polar surface area (TPSA) is 79.0 Å². The van der Waals surface area contributed by atoms with Crippen molar-refractivity contribution in [3.05, 3.63) is 59.7 Å². The second-order valence-corrected chi connectivity index (χ2v) is 10.0. The van der Waals surface area contributed by atoms with Crippen LogP contribution in [0.4, 0.5) is 5.69 Å². The molecule has 0 saturated carbocycles. The number of para-hydroxylation sites is 2. The van der Waals surface area contributed by atoms with Crippen LogP contribution in [0.2, 0.25) is 0 Å². The molecule has 1 aliphatic heterocycles. The molecule has 8 heteroatoms. The SMILES string of the molecule is COc1ccccc1N(CCCC(=O)NCCCN1CCc2ccccc2C1)S(C)(=O)=O. The molecule has 0 saturated heterocycles. The standard InChI is InChI=1S/C24H33N3O4S/c1-31-23-12-6-5-11-22(23)27(32(2,29)30)17-7-13-24(28)25-15-8-16-26-18-14-20-9-3-4-10-21(20)19-26/h3-6,9-12H,7-8,13-19H2,1-2H3,(H,25,28). The summed E-state index contributed by atoms with van der Waals surface area (Å²) in [5, 5.41) is 2.96. The van der Waals surface area contributed by atoms with E-state index in [9.17, 15) is 13.2 Å². The first-order valence-electron chi connectivity index (χ1n) is 11.0. The summed E-state index contributed by atoms with van der Waals surface area (Å²) in [4.78, 5) is 14.7. The minimum Gasteiger partial charge on any atom is -0.495 e. The minimum absolute atomic E-state index is 0.0533. The molecule has 1 heterocycles. The van der Waals surface area contributed by atoms with Crippen molar-refractivity contribution in [3.8, 4) is 5.75 Å². The molecule has 0 spiro atoms. The zero-order chi connectivity index (χ0) is 23.0. The molecular weight excluding hydrogens is 426 g/mol. The molecule has 0 unspecified atom stereocenters. The van der Waals surface area contributed by atoms with Crippen molar-refractivity contribution >= 4 is 21.6 Å². The van der Waals surface area contributed by atoms with Gasteiger partial charge in [-0.3, -0.25) is 14.0 Å². The minimum atomic E-state index is -3.49. The normalized spacial score (nSPS) is 13.9. The van der Waals surface area contributed by atoms with Crippen molar-refractivity contribution in [3.63, 3.8) is 0 Å². The van der Waals surface area contributed by atoms with E-state index in [2.05, 4.69) is 34.5 Å². The summed E-state index contributed by atoms with van der Waals surface area (Å²) in [7, 11) is -1.98. The van der Waals surface area contributed by atoms with E-state index in [0.29, 0.717) is 24.4 Å². The largest absolute Gasteiger partial charge is 0.495 e. The highest BCUT2D eigenvalue weighted by Gasteiger charge is 2.21. The maximum absolute atomic E-state index is 12.3. The fraction of sp³-hybridized carbons (Fsp3) is 0.458. The predicted octanol–water partition coefficient (Wildman–Crippen LogP) is 2.81. The number of sulfonamides is 1. The van der Waals surface area contributed by atoms with Gasteiger partial charge in [0.05, 0.1) is 19.1 Å². The van der Waals surface area contributed by atoms with Gasteiger partial charge in [-0.25, -0.2) is 8.42 Å². The average molecular weight is 460 g/mol. The number of ether oxygens (including phenoxy) is 1. The Morgan fingerprint density at radius 1 is 1.09 bits per heavy atom. The zero-order valence-electron chi connectivity index (χ0n) is 18.9. The lowest BCUT2D eigenvalue weighted by molar-refractivity contribution is -0.121. The first kappa shape index (κ1) is 24.1. The summed E-state index contributed by atoms with van der Waals surface area (Å²) in [5.41, 5.74) is 3.32.